The Balaban J connectivity index is 1.68. The molecule has 2 aliphatic heterocycles. The summed E-state index contributed by atoms with van der Waals surface area (Å²) in [5, 5.41) is 5.70. The van der Waals surface area contributed by atoms with Crippen LogP contribution in [-0.2, 0) is 4.74 Å². The van der Waals surface area contributed by atoms with Gasteiger partial charge in [0.25, 0.3) is 0 Å². The van der Waals surface area contributed by atoms with Gasteiger partial charge in [-0.1, -0.05) is 39.7 Å². The van der Waals surface area contributed by atoms with Crippen LogP contribution in [0, 0.1) is 5.92 Å². The van der Waals surface area contributed by atoms with Crippen LogP contribution in [-0.4, -0.2) is 11.6 Å². The number of hydrogen-bond donors (Lipinski definition) is 2. The second-order valence-corrected chi connectivity index (χ2v) is 7.83. The second kappa shape index (κ2) is 5.51. The molecule has 2 aromatic carbocycles. The third kappa shape index (κ3) is 2.13. The fraction of sp³-hybridized carbons (Fsp3) is 0.263. The average molecular weight is 404 g/mol. The lowest BCUT2D eigenvalue weighted by Gasteiger charge is -2.36. The molecular formula is C19H16BrClN2O. The van der Waals surface area contributed by atoms with Crippen LogP contribution in [0.4, 0.5) is 5.69 Å². The fourth-order valence-electron chi connectivity index (χ4n) is 4.14. The van der Waals surface area contributed by atoms with E-state index >= 15 is 0 Å². The molecule has 24 heavy (non-hydrogen) atoms. The Morgan fingerprint density at radius 2 is 2.08 bits per heavy atom. The molecule has 5 rings (SSSR count). The number of nitrogens with one attached hydrogen (secondary N) is 2. The first-order valence-electron chi connectivity index (χ1n) is 8.15. The first-order chi connectivity index (χ1) is 11.7. The highest BCUT2D eigenvalue weighted by atomic mass is 79.9. The standard InChI is InChI=1S/C19H16BrClN2O/c20-10-4-5-16-13(8-10)14(9-22-16)17-12-6-7-24-19(12)11-2-1-3-15(21)18(11)23-17/h1-5,8-9,12,17,19,22-23H,6-7H2. The van der Waals surface area contributed by atoms with Gasteiger partial charge in [-0.2, -0.15) is 0 Å². The molecule has 122 valence electrons. The largest absolute Gasteiger partial charge is 0.376 e. The summed E-state index contributed by atoms with van der Waals surface area (Å²) in [6, 6.07) is 12.6. The van der Waals surface area contributed by atoms with E-state index in [1.54, 1.807) is 0 Å². The van der Waals surface area contributed by atoms with Crippen molar-refractivity contribution < 1.29 is 4.74 Å². The van der Waals surface area contributed by atoms with Gasteiger partial charge in [-0.3, -0.25) is 0 Å². The van der Waals surface area contributed by atoms with Gasteiger partial charge >= 0.3 is 0 Å². The molecule has 0 saturated carbocycles. The van der Waals surface area contributed by atoms with Crippen LogP contribution in [0.1, 0.15) is 29.7 Å². The molecule has 1 fully saturated rings. The minimum atomic E-state index is 0.113. The first-order valence-corrected chi connectivity index (χ1v) is 9.32. The Kier molecular flexibility index (Phi) is 3.40. The summed E-state index contributed by atoms with van der Waals surface area (Å²) in [6.45, 7) is 0.797. The van der Waals surface area contributed by atoms with E-state index in [-0.39, 0.29) is 12.1 Å². The summed E-state index contributed by atoms with van der Waals surface area (Å²) in [7, 11) is 0. The van der Waals surface area contributed by atoms with Gasteiger partial charge in [0.05, 0.1) is 22.9 Å². The molecule has 3 heterocycles. The fourth-order valence-corrected chi connectivity index (χ4v) is 4.74. The lowest BCUT2D eigenvalue weighted by Crippen LogP contribution is -2.29. The Hall–Kier alpha value is -1.49. The molecule has 0 aliphatic carbocycles. The van der Waals surface area contributed by atoms with Crippen LogP contribution >= 0.6 is 27.5 Å². The van der Waals surface area contributed by atoms with Crippen molar-refractivity contribution in [3.63, 3.8) is 0 Å². The first kappa shape index (κ1) is 14.8. The van der Waals surface area contributed by atoms with Crippen LogP contribution in [0.3, 0.4) is 0 Å². The van der Waals surface area contributed by atoms with E-state index in [0.717, 1.165) is 33.7 Å². The quantitative estimate of drug-likeness (QED) is 0.536. The number of aromatic amines is 1. The van der Waals surface area contributed by atoms with Crippen molar-refractivity contribution in [1.82, 2.24) is 4.98 Å². The summed E-state index contributed by atoms with van der Waals surface area (Å²) >= 11 is 10.1. The highest BCUT2D eigenvalue weighted by Crippen LogP contribution is 2.52. The maximum absolute atomic E-state index is 6.47. The number of fused-ring (bicyclic) bond motifs is 4. The summed E-state index contributed by atoms with van der Waals surface area (Å²) in [6.07, 6.45) is 3.28. The smallest absolute Gasteiger partial charge is 0.0897 e. The van der Waals surface area contributed by atoms with E-state index in [2.05, 4.69) is 56.7 Å². The highest BCUT2D eigenvalue weighted by Gasteiger charge is 2.42. The van der Waals surface area contributed by atoms with Crippen molar-refractivity contribution in [1.29, 1.82) is 0 Å². The number of H-pyrrole nitrogens is 1. The SMILES string of the molecule is Clc1cccc2c1NC(c1c[nH]c3ccc(Br)cc13)C1CCOC21. The molecule has 3 nitrogen and oxygen atoms in total. The van der Waals surface area contributed by atoms with E-state index in [1.807, 2.05) is 12.1 Å². The lowest BCUT2D eigenvalue weighted by atomic mass is 9.81. The van der Waals surface area contributed by atoms with E-state index < -0.39 is 0 Å². The molecule has 0 radical (unpaired) electrons. The Bertz CT molecular complexity index is 938. The van der Waals surface area contributed by atoms with E-state index in [0.29, 0.717) is 5.92 Å². The zero-order chi connectivity index (χ0) is 16.3. The number of benzene rings is 2. The third-order valence-corrected chi connectivity index (χ3v) is 6.04. The number of rotatable bonds is 1. The monoisotopic (exact) mass is 402 g/mol. The Morgan fingerprint density at radius 3 is 3.00 bits per heavy atom. The van der Waals surface area contributed by atoms with Gasteiger partial charge in [0.15, 0.2) is 0 Å². The van der Waals surface area contributed by atoms with Crippen molar-refractivity contribution in [2.45, 2.75) is 18.6 Å². The molecular weight excluding hydrogens is 388 g/mol. The van der Waals surface area contributed by atoms with E-state index in [9.17, 15) is 0 Å². The van der Waals surface area contributed by atoms with Gasteiger partial charge in [-0.05, 0) is 30.7 Å². The number of para-hydroxylation sites is 1. The summed E-state index contributed by atoms with van der Waals surface area (Å²) in [5.41, 5.74) is 4.62. The Labute approximate surface area is 153 Å². The molecule has 5 heteroatoms. The molecule has 0 amide bonds. The number of ether oxygens (including phenoxy) is 1. The van der Waals surface area contributed by atoms with E-state index in [1.165, 1.54) is 16.5 Å². The van der Waals surface area contributed by atoms with Crippen LogP contribution in [0.5, 0.6) is 0 Å². The Morgan fingerprint density at radius 1 is 1.17 bits per heavy atom. The van der Waals surface area contributed by atoms with Gasteiger partial charge in [0.1, 0.15) is 0 Å². The van der Waals surface area contributed by atoms with Crippen LogP contribution in [0.25, 0.3) is 10.9 Å². The van der Waals surface area contributed by atoms with Crippen molar-refractivity contribution in [2.24, 2.45) is 5.92 Å². The van der Waals surface area contributed by atoms with Gasteiger partial charge in [-0.15, -0.1) is 0 Å². The summed E-state index contributed by atoms with van der Waals surface area (Å²) in [5.74, 6) is 0.411. The zero-order valence-corrected chi connectivity index (χ0v) is 15.2. The maximum atomic E-state index is 6.47. The van der Waals surface area contributed by atoms with Crippen molar-refractivity contribution >= 4 is 44.1 Å². The van der Waals surface area contributed by atoms with Gasteiger partial charge in [0.2, 0.25) is 0 Å². The molecule has 0 spiro atoms. The molecule has 3 atom stereocenters. The van der Waals surface area contributed by atoms with Crippen LogP contribution < -0.4 is 5.32 Å². The van der Waals surface area contributed by atoms with Crippen LogP contribution in [0.2, 0.25) is 5.02 Å². The van der Waals surface area contributed by atoms with Gasteiger partial charge in [-0.25, -0.2) is 0 Å². The van der Waals surface area contributed by atoms with Crippen molar-refractivity contribution in [3.05, 3.63) is 63.2 Å². The van der Waals surface area contributed by atoms with E-state index in [4.69, 9.17) is 16.3 Å². The predicted molar refractivity (Wildman–Crippen MR) is 101 cm³/mol. The average Bonchev–Trinajstić information content (AvgIpc) is 3.21. The minimum absolute atomic E-state index is 0.113. The summed E-state index contributed by atoms with van der Waals surface area (Å²) in [4.78, 5) is 3.40. The molecule has 1 saturated heterocycles. The predicted octanol–water partition coefficient (Wildman–Crippen LogP) is 5.83. The van der Waals surface area contributed by atoms with Crippen molar-refractivity contribution in [2.75, 3.05) is 11.9 Å². The number of halogens is 2. The zero-order valence-electron chi connectivity index (χ0n) is 12.9. The van der Waals surface area contributed by atoms with Gasteiger partial charge in [0, 0.05) is 45.2 Å². The van der Waals surface area contributed by atoms with Crippen molar-refractivity contribution in [3.8, 4) is 0 Å². The lowest BCUT2D eigenvalue weighted by molar-refractivity contribution is 0.0830. The molecule has 2 N–H and O–H groups in total. The summed E-state index contributed by atoms with van der Waals surface area (Å²) < 4.78 is 7.17. The maximum Gasteiger partial charge on any atom is 0.0897 e. The van der Waals surface area contributed by atoms with Crippen LogP contribution in [0.15, 0.2) is 47.1 Å². The number of anilines is 1. The molecule has 2 aliphatic rings. The molecule has 0 bridgehead atoms. The minimum Gasteiger partial charge on any atom is -0.376 e. The second-order valence-electron chi connectivity index (χ2n) is 6.50. The molecule has 3 unspecified atom stereocenters. The third-order valence-electron chi connectivity index (χ3n) is 5.23. The number of hydrogen-bond acceptors (Lipinski definition) is 2. The normalized spacial score (nSPS) is 25.3. The number of aromatic nitrogens is 1. The molecule has 3 aromatic rings. The topological polar surface area (TPSA) is 37.0 Å². The van der Waals surface area contributed by atoms with Gasteiger partial charge < -0.3 is 15.0 Å². The molecule has 1 aromatic heterocycles. The highest BCUT2D eigenvalue weighted by molar-refractivity contribution is 9.10.